The van der Waals surface area contributed by atoms with Crippen molar-refractivity contribution in [3.8, 4) is 11.8 Å². The van der Waals surface area contributed by atoms with Crippen molar-refractivity contribution in [1.82, 2.24) is 5.32 Å². The predicted octanol–water partition coefficient (Wildman–Crippen LogP) is 3.65. The van der Waals surface area contributed by atoms with Crippen molar-refractivity contribution in [1.29, 1.82) is 5.26 Å². The second-order valence-corrected chi connectivity index (χ2v) is 4.84. The highest BCUT2D eigenvalue weighted by atomic mass is 19.3. The first kappa shape index (κ1) is 16.4. The van der Waals surface area contributed by atoms with E-state index in [1.54, 1.807) is 37.3 Å². The molecule has 0 spiro atoms. The molecular formula is C17H14F2N2O2. The molecule has 0 fully saturated rings. The van der Waals surface area contributed by atoms with E-state index >= 15 is 0 Å². The number of amides is 1. The molecule has 23 heavy (non-hydrogen) atoms. The Kier molecular flexibility index (Phi) is 5.26. The van der Waals surface area contributed by atoms with Gasteiger partial charge in [-0.05, 0) is 42.8 Å². The molecular weight excluding hydrogens is 302 g/mol. The highest BCUT2D eigenvalue weighted by Gasteiger charge is 2.13. The van der Waals surface area contributed by atoms with E-state index in [4.69, 9.17) is 5.26 Å². The molecule has 1 amide bonds. The summed E-state index contributed by atoms with van der Waals surface area (Å²) in [5, 5.41) is 11.6. The maximum absolute atomic E-state index is 12.2. The van der Waals surface area contributed by atoms with Crippen LogP contribution in [0, 0.1) is 11.3 Å². The Morgan fingerprint density at radius 2 is 1.96 bits per heavy atom. The molecule has 0 saturated heterocycles. The smallest absolute Gasteiger partial charge is 0.387 e. The number of hydrogen-bond acceptors (Lipinski definition) is 3. The number of carbonyl (C=O) groups is 1. The van der Waals surface area contributed by atoms with Gasteiger partial charge in [0, 0.05) is 5.56 Å². The van der Waals surface area contributed by atoms with E-state index in [0.29, 0.717) is 16.7 Å². The molecule has 0 aromatic heterocycles. The Morgan fingerprint density at radius 1 is 1.22 bits per heavy atom. The summed E-state index contributed by atoms with van der Waals surface area (Å²) in [6.07, 6.45) is 0. The minimum Gasteiger partial charge on any atom is -0.435 e. The molecule has 0 heterocycles. The molecule has 0 aliphatic heterocycles. The number of ether oxygens (including phenoxy) is 1. The average Bonchev–Trinajstić information content (AvgIpc) is 2.54. The van der Waals surface area contributed by atoms with Crippen molar-refractivity contribution in [3.63, 3.8) is 0 Å². The van der Waals surface area contributed by atoms with Gasteiger partial charge in [0.05, 0.1) is 17.7 Å². The third-order valence-electron chi connectivity index (χ3n) is 3.18. The monoisotopic (exact) mass is 316 g/mol. The Balaban J connectivity index is 2.10. The lowest BCUT2D eigenvalue weighted by atomic mass is 10.1. The lowest BCUT2D eigenvalue weighted by molar-refractivity contribution is -0.0499. The Bertz CT molecular complexity index is 741. The average molecular weight is 316 g/mol. The highest BCUT2D eigenvalue weighted by molar-refractivity contribution is 5.94. The van der Waals surface area contributed by atoms with E-state index in [1.165, 1.54) is 18.2 Å². The first-order valence-corrected chi connectivity index (χ1v) is 6.85. The van der Waals surface area contributed by atoms with Gasteiger partial charge in [-0.25, -0.2) is 0 Å². The quantitative estimate of drug-likeness (QED) is 0.916. The number of nitrogens with one attached hydrogen (secondary N) is 1. The molecule has 0 bridgehead atoms. The van der Waals surface area contributed by atoms with Gasteiger partial charge in [-0.3, -0.25) is 4.79 Å². The molecule has 2 rings (SSSR count). The summed E-state index contributed by atoms with van der Waals surface area (Å²) in [5.41, 5.74) is 1.38. The molecule has 0 unspecified atom stereocenters. The van der Waals surface area contributed by atoms with Gasteiger partial charge >= 0.3 is 6.61 Å². The fourth-order valence-corrected chi connectivity index (χ4v) is 2.05. The molecule has 1 atom stereocenters. The minimum absolute atomic E-state index is 0.0325. The lowest BCUT2D eigenvalue weighted by Gasteiger charge is -2.15. The van der Waals surface area contributed by atoms with Gasteiger partial charge in [-0.2, -0.15) is 14.0 Å². The van der Waals surface area contributed by atoms with Crippen LogP contribution >= 0.6 is 0 Å². The molecule has 0 radical (unpaired) electrons. The first-order valence-electron chi connectivity index (χ1n) is 6.85. The topological polar surface area (TPSA) is 62.1 Å². The van der Waals surface area contributed by atoms with Crippen LogP contribution in [0.5, 0.6) is 5.75 Å². The van der Waals surface area contributed by atoms with Gasteiger partial charge in [0.15, 0.2) is 0 Å². The van der Waals surface area contributed by atoms with Crippen molar-refractivity contribution in [2.45, 2.75) is 19.6 Å². The van der Waals surface area contributed by atoms with Crippen LogP contribution < -0.4 is 10.1 Å². The SMILES string of the molecule is C[C@H](NC(=O)c1cccc(C#N)c1)c1cccc(OC(F)F)c1. The van der Waals surface area contributed by atoms with Crippen molar-refractivity contribution in [3.05, 3.63) is 65.2 Å². The van der Waals surface area contributed by atoms with Crippen LogP contribution in [0.25, 0.3) is 0 Å². The predicted molar refractivity (Wildman–Crippen MR) is 80.1 cm³/mol. The van der Waals surface area contributed by atoms with Gasteiger partial charge in [0.1, 0.15) is 5.75 Å². The van der Waals surface area contributed by atoms with Crippen molar-refractivity contribution >= 4 is 5.91 Å². The fourth-order valence-electron chi connectivity index (χ4n) is 2.05. The van der Waals surface area contributed by atoms with Gasteiger partial charge in [-0.15, -0.1) is 0 Å². The molecule has 0 aliphatic carbocycles. The fraction of sp³-hybridized carbons (Fsp3) is 0.176. The maximum atomic E-state index is 12.2. The zero-order valence-electron chi connectivity index (χ0n) is 12.3. The molecule has 2 aromatic rings. The second kappa shape index (κ2) is 7.36. The van der Waals surface area contributed by atoms with Crippen molar-refractivity contribution < 1.29 is 18.3 Å². The van der Waals surface area contributed by atoms with Gasteiger partial charge in [0.25, 0.3) is 5.91 Å². The van der Waals surface area contributed by atoms with Crippen LogP contribution in [0.4, 0.5) is 8.78 Å². The van der Waals surface area contributed by atoms with Gasteiger partial charge < -0.3 is 10.1 Å². The summed E-state index contributed by atoms with van der Waals surface area (Å²) < 4.78 is 28.8. The molecule has 1 N–H and O–H groups in total. The van der Waals surface area contributed by atoms with Crippen LogP contribution in [-0.2, 0) is 0 Å². The van der Waals surface area contributed by atoms with Crippen molar-refractivity contribution in [2.24, 2.45) is 0 Å². The van der Waals surface area contributed by atoms with Crippen LogP contribution in [-0.4, -0.2) is 12.5 Å². The summed E-state index contributed by atoms with van der Waals surface area (Å²) in [7, 11) is 0. The molecule has 0 saturated carbocycles. The number of carbonyl (C=O) groups excluding carboxylic acids is 1. The molecule has 6 heteroatoms. The van der Waals surface area contributed by atoms with E-state index < -0.39 is 12.7 Å². The lowest BCUT2D eigenvalue weighted by Crippen LogP contribution is -2.26. The molecule has 118 valence electrons. The standard InChI is InChI=1S/C17H14F2N2O2/c1-11(13-5-3-7-15(9-13)23-17(18)19)21-16(22)14-6-2-4-12(8-14)10-20/h2-9,11,17H,1H3,(H,21,22)/t11-/m0/s1. The number of hydrogen-bond donors (Lipinski definition) is 1. The van der Waals surface area contributed by atoms with Crippen molar-refractivity contribution in [2.75, 3.05) is 0 Å². The van der Waals surface area contributed by atoms with E-state index in [2.05, 4.69) is 10.1 Å². The largest absolute Gasteiger partial charge is 0.435 e. The Hall–Kier alpha value is -2.94. The van der Waals surface area contributed by atoms with E-state index in [-0.39, 0.29) is 11.7 Å². The molecule has 0 aliphatic rings. The number of halogens is 2. The van der Waals surface area contributed by atoms with Crippen LogP contribution in [0.3, 0.4) is 0 Å². The third kappa shape index (κ3) is 4.51. The summed E-state index contributed by atoms with van der Waals surface area (Å²) in [6, 6.07) is 14.0. The molecule has 4 nitrogen and oxygen atoms in total. The maximum Gasteiger partial charge on any atom is 0.387 e. The molecule has 2 aromatic carbocycles. The zero-order chi connectivity index (χ0) is 16.8. The zero-order valence-corrected chi connectivity index (χ0v) is 12.3. The number of benzene rings is 2. The Labute approximate surface area is 132 Å². The number of nitriles is 1. The summed E-state index contributed by atoms with van der Waals surface area (Å²) in [6.45, 7) is -1.17. The van der Waals surface area contributed by atoms with E-state index in [0.717, 1.165) is 0 Å². The van der Waals surface area contributed by atoms with Crippen LogP contribution in [0.1, 0.15) is 34.5 Å². The highest BCUT2D eigenvalue weighted by Crippen LogP contribution is 2.21. The summed E-state index contributed by atoms with van der Waals surface area (Å²) >= 11 is 0. The van der Waals surface area contributed by atoms with Gasteiger partial charge in [0.2, 0.25) is 0 Å². The third-order valence-corrected chi connectivity index (χ3v) is 3.18. The van der Waals surface area contributed by atoms with Crippen LogP contribution in [0.2, 0.25) is 0 Å². The van der Waals surface area contributed by atoms with Crippen LogP contribution in [0.15, 0.2) is 48.5 Å². The number of rotatable bonds is 5. The van der Waals surface area contributed by atoms with Gasteiger partial charge in [-0.1, -0.05) is 18.2 Å². The van der Waals surface area contributed by atoms with E-state index in [1.807, 2.05) is 6.07 Å². The minimum atomic E-state index is -2.90. The second-order valence-electron chi connectivity index (χ2n) is 4.84. The Morgan fingerprint density at radius 3 is 2.65 bits per heavy atom. The number of alkyl halides is 2. The normalized spacial score (nSPS) is 11.6. The summed E-state index contributed by atoms with van der Waals surface area (Å²) in [5.74, 6) is -0.320. The first-order chi connectivity index (χ1) is 11.0. The number of nitrogens with zero attached hydrogens (tertiary/aromatic N) is 1. The summed E-state index contributed by atoms with van der Waals surface area (Å²) in [4.78, 5) is 12.2. The van der Waals surface area contributed by atoms with E-state index in [9.17, 15) is 13.6 Å².